The average molecular weight is 372 g/mol. The Bertz CT molecular complexity index is 1330. The van der Waals surface area contributed by atoms with Gasteiger partial charge in [0.15, 0.2) is 0 Å². The normalized spacial score (nSPS) is 12.1. The molecule has 0 saturated carbocycles. The third-order valence-corrected chi connectivity index (χ3v) is 5.27. The lowest BCUT2D eigenvalue weighted by molar-refractivity contribution is -0.137. The van der Waals surface area contributed by atoms with Crippen LogP contribution in [0.2, 0.25) is 0 Å². The Morgan fingerprint density at radius 2 is 1.11 bits per heavy atom. The summed E-state index contributed by atoms with van der Waals surface area (Å²) in [5.41, 5.74) is 1.04. The first-order valence-electron chi connectivity index (χ1n) is 9.03. The maximum Gasteiger partial charge on any atom is 0.416 e. The summed E-state index contributed by atoms with van der Waals surface area (Å²) in [6.07, 6.45) is -4.32. The first-order chi connectivity index (χ1) is 13.5. The molecule has 3 heteroatoms. The Morgan fingerprint density at radius 1 is 0.500 bits per heavy atom. The van der Waals surface area contributed by atoms with E-state index in [2.05, 4.69) is 42.5 Å². The van der Waals surface area contributed by atoms with Gasteiger partial charge in [-0.15, -0.1) is 0 Å². The van der Waals surface area contributed by atoms with Gasteiger partial charge in [-0.05, 0) is 61.6 Å². The van der Waals surface area contributed by atoms with Crippen molar-refractivity contribution in [3.63, 3.8) is 0 Å². The Balaban J connectivity index is 1.70. The van der Waals surface area contributed by atoms with Crippen LogP contribution < -0.4 is 0 Å². The van der Waals surface area contributed by atoms with Crippen LogP contribution >= 0.6 is 0 Å². The molecule has 0 aliphatic heterocycles. The number of benzene rings is 5. The predicted octanol–water partition coefficient (Wildman–Crippen LogP) is 7.83. The molecule has 28 heavy (non-hydrogen) atoms. The minimum atomic E-state index is -4.32. The van der Waals surface area contributed by atoms with Gasteiger partial charge in [-0.1, -0.05) is 72.8 Å². The monoisotopic (exact) mass is 372 g/mol. The fraction of sp³-hybridized carbons (Fsp3) is 0.0400. The van der Waals surface area contributed by atoms with Gasteiger partial charge in [0.25, 0.3) is 0 Å². The summed E-state index contributed by atoms with van der Waals surface area (Å²) in [5.74, 6) is 0. The molecule has 0 fully saturated rings. The SMILES string of the molecule is FC(F)(F)c1ccc(-c2ccc3c(ccc4ccc5ccccc5c43)c2)cc1. The molecule has 0 saturated heterocycles. The van der Waals surface area contributed by atoms with E-state index in [0.29, 0.717) is 0 Å². The molecule has 0 N–H and O–H groups in total. The molecule has 0 aromatic heterocycles. The van der Waals surface area contributed by atoms with Crippen molar-refractivity contribution >= 4 is 32.3 Å². The van der Waals surface area contributed by atoms with E-state index in [1.165, 1.54) is 33.7 Å². The number of halogens is 3. The van der Waals surface area contributed by atoms with E-state index < -0.39 is 11.7 Å². The molecule has 0 spiro atoms. The number of hydrogen-bond donors (Lipinski definition) is 0. The number of rotatable bonds is 1. The Hall–Kier alpha value is -3.33. The minimum absolute atomic E-state index is 0.630. The smallest absolute Gasteiger partial charge is 0.166 e. The van der Waals surface area contributed by atoms with E-state index in [9.17, 15) is 13.2 Å². The lowest BCUT2D eigenvalue weighted by atomic mass is 9.94. The van der Waals surface area contributed by atoms with E-state index in [-0.39, 0.29) is 0 Å². The predicted molar refractivity (Wildman–Crippen MR) is 109 cm³/mol. The van der Waals surface area contributed by atoms with Gasteiger partial charge < -0.3 is 0 Å². The zero-order valence-electron chi connectivity index (χ0n) is 14.8. The lowest BCUT2D eigenvalue weighted by Crippen LogP contribution is -2.03. The molecule has 136 valence electrons. The van der Waals surface area contributed by atoms with Crippen molar-refractivity contribution in [3.8, 4) is 11.1 Å². The second kappa shape index (κ2) is 6.10. The molecule has 0 radical (unpaired) electrons. The zero-order valence-corrected chi connectivity index (χ0v) is 14.8. The summed E-state index contributed by atoms with van der Waals surface area (Å²) in [5, 5.41) is 6.98. The van der Waals surface area contributed by atoms with E-state index in [1.54, 1.807) is 0 Å². The molecule has 0 atom stereocenters. The highest BCUT2D eigenvalue weighted by molar-refractivity contribution is 6.20. The van der Waals surface area contributed by atoms with Crippen molar-refractivity contribution in [2.45, 2.75) is 6.18 Å². The Kier molecular flexibility index (Phi) is 3.66. The Labute approximate surface area is 159 Å². The highest BCUT2D eigenvalue weighted by Crippen LogP contribution is 2.35. The van der Waals surface area contributed by atoms with Crippen LogP contribution in [0.1, 0.15) is 5.56 Å². The van der Waals surface area contributed by atoms with E-state index in [0.717, 1.165) is 34.0 Å². The molecule has 0 aliphatic rings. The molecule has 0 aliphatic carbocycles. The van der Waals surface area contributed by atoms with Crippen LogP contribution in [-0.2, 0) is 6.18 Å². The zero-order chi connectivity index (χ0) is 19.3. The fourth-order valence-corrected chi connectivity index (χ4v) is 3.87. The van der Waals surface area contributed by atoms with Gasteiger partial charge in [0.1, 0.15) is 0 Å². The lowest BCUT2D eigenvalue weighted by Gasteiger charge is -2.11. The highest BCUT2D eigenvalue weighted by atomic mass is 19.4. The van der Waals surface area contributed by atoms with E-state index in [4.69, 9.17) is 0 Å². The van der Waals surface area contributed by atoms with Crippen LogP contribution in [0.3, 0.4) is 0 Å². The first-order valence-corrected chi connectivity index (χ1v) is 9.03. The van der Waals surface area contributed by atoms with Gasteiger partial charge in [0.05, 0.1) is 5.56 Å². The van der Waals surface area contributed by atoms with Crippen molar-refractivity contribution < 1.29 is 13.2 Å². The summed E-state index contributed by atoms with van der Waals surface area (Å²) < 4.78 is 38.4. The third kappa shape index (κ3) is 2.71. The molecular weight excluding hydrogens is 357 g/mol. The molecule has 5 aromatic rings. The first kappa shape index (κ1) is 16.8. The standard InChI is InChI=1S/C25H15F3/c26-25(27,28)21-12-9-16(10-13-21)19-11-14-23-20(15-19)8-7-18-6-5-17-3-1-2-4-22(17)24(18)23/h1-15H. The second-order valence-corrected chi connectivity index (χ2v) is 6.96. The molecule has 0 heterocycles. The number of alkyl halides is 3. The number of hydrogen-bond acceptors (Lipinski definition) is 0. The number of fused-ring (bicyclic) bond motifs is 5. The van der Waals surface area contributed by atoms with Crippen molar-refractivity contribution in [2.24, 2.45) is 0 Å². The van der Waals surface area contributed by atoms with Crippen molar-refractivity contribution in [1.29, 1.82) is 0 Å². The molecule has 5 aromatic carbocycles. The van der Waals surface area contributed by atoms with Crippen LogP contribution in [0.5, 0.6) is 0 Å². The molecule has 0 nitrogen and oxygen atoms in total. The minimum Gasteiger partial charge on any atom is -0.166 e. The maximum atomic E-state index is 12.8. The average Bonchev–Trinajstić information content (AvgIpc) is 2.72. The van der Waals surface area contributed by atoms with Crippen molar-refractivity contribution in [2.75, 3.05) is 0 Å². The van der Waals surface area contributed by atoms with Crippen molar-refractivity contribution in [3.05, 3.63) is 96.6 Å². The van der Waals surface area contributed by atoms with E-state index in [1.807, 2.05) is 24.3 Å². The summed E-state index contributed by atoms with van der Waals surface area (Å²) >= 11 is 0. The second-order valence-electron chi connectivity index (χ2n) is 6.96. The molecule has 0 bridgehead atoms. The fourth-order valence-electron chi connectivity index (χ4n) is 3.87. The van der Waals surface area contributed by atoms with Gasteiger partial charge in [-0.25, -0.2) is 0 Å². The summed E-state index contributed by atoms with van der Waals surface area (Å²) in [4.78, 5) is 0. The van der Waals surface area contributed by atoms with Crippen molar-refractivity contribution in [1.82, 2.24) is 0 Å². The summed E-state index contributed by atoms with van der Waals surface area (Å²) in [6.45, 7) is 0. The van der Waals surface area contributed by atoms with Gasteiger partial charge in [-0.2, -0.15) is 13.2 Å². The van der Waals surface area contributed by atoms with Crippen LogP contribution in [0.4, 0.5) is 13.2 Å². The third-order valence-electron chi connectivity index (χ3n) is 5.27. The summed E-state index contributed by atoms with van der Waals surface area (Å²) in [6, 6.07) is 28.1. The largest absolute Gasteiger partial charge is 0.416 e. The van der Waals surface area contributed by atoms with Crippen LogP contribution in [0.25, 0.3) is 43.4 Å². The Morgan fingerprint density at radius 3 is 1.86 bits per heavy atom. The van der Waals surface area contributed by atoms with E-state index >= 15 is 0 Å². The van der Waals surface area contributed by atoms with Gasteiger partial charge in [0.2, 0.25) is 0 Å². The highest BCUT2D eigenvalue weighted by Gasteiger charge is 2.29. The van der Waals surface area contributed by atoms with Gasteiger partial charge in [0, 0.05) is 0 Å². The van der Waals surface area contributed by atoms with Crippen LogP contribution in [0, 0.1) is 0 Å². The molecular formula is C25H15F3. The van der Waals surface area contributed by atoms with Crippen LogP contribution in [0.15, 0.2) is 91.0 Å². The van der Waals surface area contributed by atoms with Gasteiger partial charge in [-0.3, -0.25) is 0 Å². The summed E-state index contributed by atoms with van der Waals surface area (Å²) in [7, 11) is 0. The molecule has 5 rings (SSSR count). The molecule has 0 unspecified atom stereocenters. The topological polar surface area (TPSA) is 0 Å². The van der Waals surface area contributed by atoms with Crippen LogP contribution in [-0.4, -0.2) is 0 Å². The van der Waals surface area contributed by atoms with Gasteiger partial charge >= 0.3 is 6.18 Å². The quantitative estimate of drug-likeness (QED) is 0.263. The molecule has 0 amide bonds. The maximum absolute atomic E-state index is 12.8.